The number of hydrogen-bond acceptors (Lipinski definition) is 5. The molecule has 2 aromatic rings. The summed E-state index contributed by atoms with van der Waals surface area (Å²) in [5.74, 6) is -0.721. The number of nitrogen functional groups attached to an aromatic ring is 1. The Labute approximate surface area is 121 Å². The van der Waals surface area contributed by atoms with Gasteiger partial charge in [0, 0.05) is 25.1 Å². The molecule has 0 saturated carbocycles. The molecule has 0 radical (unpaired) electrons. The van der Waals surface area contributed by atoms with Gasteiger partial charge >= 0.3 is 0 Å². The summed E-state index contributed by atoms with van der Waals surface area (Å²) in [5.41, 5.74) is 6.30. The van der Waals surface area contributed by atoms with Crippen molar-refractivity contribution >= 4 is 23.3 Å². The molecule has 0 unspecified atom stereocenters. The molecule has 2 amide bonds. The van der Waals surface area contributed by atoms with Crippen molar-refractivity contribution in [1.82, 2.24) is 14.9 Å². The highest BCUT2D eigenvalue weighted by Gasteiger charge is 2.19. The molecule has 0 aliphatic heterocycles. The number of para-hydroxylation sites is 1. The molecule has 1 aromatic heterocycles. The molecule has 0 spiro atoms. The lowest BCUT2D eigenvalue weighted by Crippen LogP contribution is -2.35. The van der Waals surface area contributed by atoms with Crippen LogP contribution in [-0.4, -0.2) is 40.3 Å². The Hall–Kier alpha value is -2.96. The van der Waals surface area contributed by atoms with E-state index in [1.807, 2.05) is 18.2 Å². The second-order valence-electron chi connectivity index (χ2n) is 4.37. The third-order valence-electron chi connectivity index (χ3n) is 2.71. The predicted molar refractivity (Wildman–Crippen MR) is 78.5 cm³/mol. The first-order chi connectivity index (χ1) is 10.1. The zero-order chi connectivity index (χ0) is 15.2. The van der Waals surface area contributed by atoms with Crippen LogP contribution >= 0.6 is 0 Å². The van der Waals surface area contributed by atoms with E-state index in [9.17, 15) is 9.59 Å². The van der Waals surface area contributed by atoms with Crippen molar-refractivity contribution in [1.29, 1.82) is 0 Å². The van der Waals surface area contributed by atoms with Crippen LogP contribution in [0.4, 0.5) is 11.5 Å². The number of rotatable bonds is 4. The van der Waals surface area contributed by atoms with Gasteiger partial charge in [-0.05, 0) is 12.1 Å². The van der Waals surface area contributed by atoms with Crippen LogP contribution < -0.4 is 11.1 Å². The molecule has 108 valence electrons. The van der Waals surface area contributed by atoms with Crippen molar-refractivity contribution in [2.45, 2.75) is 0 Å². The number of likely N-dealkylation sites (N-methyl/N-ethyl adjacent to an activating group) is 1. The quantitative estimate of drug-likeness (QED) is 0.864. The summed E-state index contributed by atoms with van der Waals surface area (Å²) in [6, 6.07) is 9.00. The third kappa shape index (κ3) is 3.75. The molecular formula is C14H15N5O2. The number of hydrogen-bond donors (Lipinski definition) is 2. The molecule has 7 heteroatoms. The standard InChI is InChI=1S/C14H15N5O2/c1-19(14(21)12-13(15)17-8-7-16-12)9-11(20)18-10-5-3-2-4-6-10/h2-8H,9H2,1H3,(H2,15,17)(H,18,20). The van der Waals surface area contributed by atoms with Gasteiger partial charge in [-0.15, -0.1) is 0 Å². The van der Waals surface area contributed by atoms with Crippen LogP contribution in [0.5, 0.6) is 0 Å². The largest absolute Gasteiger partial charge is 0.382 e. The van der Waals surface area contributed by atoms with E-state index in [1.54, 1.807) is 12.1 Å². The fraction of sp³-hybridized carbons (Fsp3) is 0.143. The number of amides is 2. The van der Waals surface area contributed by atoms with Gasteiger partial charge in [0.15, 0.2) is 11.5 Å². The van der Waals surface area contributed by atoms with E-state index in [2.05, 4.69) is 15.3 Å². The molecule has 1 aromatic carbocycles. The maximum Gasteiger partial charge on any atom is 0.276 e. The van der Waals surface area contributed by atoms with Crippen LogP contribution in [0, 0.1) is 0 Å². The summed E-state index contributed by atoms with van der Waals surface area (Å²) in [7, 11) is 1.50. The SMILES string of the molecule is CN(CC(=O)Nc1ccccc1)C(=O)c1nccnc1N. The van der Waals surface area contributed by atoms with Gasteiger partial charge in [-0.1, -0.05) is 18.2 Å². The number of nitrogens with zero attached hydrogens (tertiary/aromatic N) is 3. The number of anilines is 2. The highest BCUT2D eigenvalue weighted by atomic mass is 16.2. The van der Waals surface area contributed by atoms with Gasteiger partial charge in [-0.25, -0.2) is 9.97 Å². The van der Waals surface area contributed by atoms with Gasteiger partial charge in [0.1, 0.15) is 0 Å². The molecule has 1 heterocycles. The topological polar surface area (TPSA) is 101 Å². The van der Waals surface area contributed by atoms with Crippen molar-refractivity contribution in [3.63, 3.8) is 0 Å². The van der Waals surface area contributed by atoms with Crippen molar-refractivity contribution in [2.24, 2.45) is 0 Å². The first-order valence-electron chi connectivity index (χ1n) is 6.25. The Kier molecular flexibility index (Phi) is 4.45. The first kappa shape index (κ1) is 14.4. The Balaban J connectivity index is 1.98. The molecule has 0 atom stereocenters. The van der Waals surface area contributed by atoms with Crippen LogP contribution in [0.25, 0.3) is 0 Å². The normalized spacial score (nSPS) is 9.95. The van der Waals surface area contributed by atoms with Crippen molar-refractivity contribution in [3.8, 4) is 0 Å². The van der Waals surface area contributed by atoms with Crippen LogP contribution in [0.1, 0.15) is 10.5 Å². The molecule has 7 nitrogen and oxygen atoms in total. The lowest BCUT2D eigenvalue weighted by Gasteiger charge is -2.16. The monoisotopic (exact) mass is 285 g/mol. The van der Waals surface area contributed by atoms with Gasteiger partial charge in [0.25, 0.3) is 5.91 Å². The predicted octanol–water partition coefficient (Wildman–Crippen LogP) is 0.769. The smallest absolute Gasteiger partial charge is 0.276 e. The van der Waals surface area contributed by atoms with Crippen LogP contribution in [0.15, 0.2) is 42.7 Å². The van der Waals surface area contributed by atoms with E-state index in [4.69, 9.17) is 5.73 Å². The van der Waals surface area contributed by atoms with E-state index >= 15 is 0 Å². The number of nitrogens with one attached hydrogen (secondary N) is 1. The maximum absolute atomic E-state index is 12.1. The minimum absolute atomic E-state index is 0.0347. The fourth-order valence-corrected chi connectivity index (χ4v) is 1.70. The lowest BCUT2D eigenvalue weighted by molar-refractivity contribution is -0.116. The number of carbonyl (C=O) groups is 2. The molecule has 0 fully saturated rings. The van der Waals surface area contributed by atoms with Crippen LogP contribution in [0.2, 0.25) is 0 Å². The Morgan fingerprint density at radius 3 is 2.52 bits per heavy atom. The summed E-state index contributed by atoms with van der Waals surface area (Å²) >= 11 is 0. The molecule has 3 N–H and O–H groups in total. The summed E-state index contributed by atoms with van der Waals surface area (Å²) in [6.07, 6.45) is 2.77. The summed E-state index contributed by atoms with van der Waals surface area (Å²) in [6.45, 7) is -0.107. The number of aromatic nitrogens is 2. The fourth-order valence-electron chi connectivity index (χ4n) is 1.70. The van der Waals surface area contributed by atoms with Gasteiger partial charge in [-0.3, -0.25) is 9.59 Å². The second-order valence-corrected chi connectivity index (χ2v) is 4.37. The van der Waals surface area contributed by atoms with E-state index in [-0.39, 0.29) is 24.0 Å². The Bertz CT molecular complexity index is 645. The van der Waals surface area contributed by atoms with E-state index in [1.165, 1.54) is 24.3 Å². The average Bonchev–Trinajstić information content (AvgIpc) is 2.48. The zero-order valence-corrected chi connectivity index (χ0v) is 11.5. The van der Waals surface area contributed by atoms with Gasteiger partial charge in [0.2, 0.25) is 5.91 Å². The minimum atomic E-state index is -0.455. The summed E-state index contributed by atoms with van der Waals surface area (Å²) in [5, 5.41) is 2.69. The molecule has 0 saturated heterocycles. The lowest BCUT2D eigenvalue weighted by atomic mass is 10.3. The van der Waals surface area contributed by atoms with Crippen LogP contribution in [-0.2, 0) is 4.79 Å². The van der Waals surface area contributed by atoms with Gasteiger partial charge in [0.05, 0.1) is 6.54 Å². The van der Waals surface area contributed by atoms with E-state index < -0.39 is 5.91 Å². The molecule has 0 bridgehead atoms. The maximum atomic E-state index is 12.1. The highest BCUT2D eigenvalue weighted by Crippen LogP contribution is 2.08. The molecule has 2 rings (SSSR count). The molecule has 0 aliphatic rings. The van der Waals surface area contributed by atoms with Gasteiger partial charge in [-0.2, -0.15) is 0 Å². The second kappa shape index (κ2) is 6.47. The summed E-state index contributed by atoms with van der Waals surface area (Å²) < 4.78 is 0. The van der Waals surface area contributed by atoms with Crippen molar-refractivity contribution in [2.75, 3.05) is 24.6 Å². The number of carbonyl (C=O) groups excluding carboxylic acids is 2. The third-order valence-corrected chi connectivity index (χ3v) is 2.71. The van der Waals surface area contributed by atoms with E-state index in [0.717, 1.165) is 0 Å². The van der Waals surface area contributed by atoms with Gasteiger partial charge < -0.3 is 16.0 Å². The van der Waals surface area contributed by atoms with Crippen LogP contribution in [0.3, 0.4) is 0 Å². The Morgan fingerprint density at radius 2 is 1.86 bits per heavy atom. The molecule has 0 aliphatic carbocycles. The number of benzene rings is 1. The van der Waals surface area contributed by atoms with Crippen molar-refractivity contribution < 1.29 is 9.59 Å². The molecule has 21 heavy (non-hydrogen) atoms. The minimum Gasteiger partial charge on any atom is -0.382 e. The number of nitrogens with two attached hydrogens (primary N) is 1. The summed E-state index contributed by atoms with van der Waals surface area (Å²) in [4.78, 5) is 32.9. The zero-order valence-electron chi connectivity index (χ0n) is 11.5. The Morgan fingerprint density at radius 1 is 1.19 bits per heavy atom. The van der Waals surface area contributed by atoms with E-state index in [0.29, 0.717) is 5.69 Å². The average molecular weight is 285 g/mol. The molecular weight excluding hydrogens is 270 g/mol. The first-order valence-corrected chi connectivity index (χ1v) is 6.25. The highest BCUT2D eigenvalue weighted by molar-refractivity contribution is 6.00. The van der Waals surface area contributed by atoms with Crippen molar-refractivity contribution in [3.05, 3.63) is 48.4 Å².